The van der Waals surface area contributed by atoms with Gasteiger partial charge in [-0.3, -0.25) is 14.4 Å². The zero-order valence-corrected chi connectivity index (χ0v) is 13.9. The van der Waals surface area contributed by atoms with Crippen molar-refractivity contribution in [2.24, 2.45) is 0 Å². The number of para-hydroxylation sites is 1. The second kappa shape index (κ2) is 6.00. The molecule has 0 spiro atoms. The van der Waals surface area contributed by atoms with E-state index in [0.29, 0.717) is 0 Å². The number of hydrogen-bond acceptors (Lipinski definition) is 4. The van der Waals surface area contributed by atoms with Crippen LogP contribution in [0.15, 0.2) is 29.2 Å². The Hall–Kier alpha value is -2.02. The molecular formula is C15H19N3O3S. The molecule has 0 aliphatic carbocycles. The molecule has 1 heterocycles. The fourth-order valence-corrected chi connectivity index (χ4v) is 3.42. The van der Waals surface area contributed by atoms with Crippen LogP contribution in [0.5, 0.6) is 0 Å². The van der Waals surface area contributed by atoms with Gasteiger partial charge in [-0.2, -0.15) is 0 Å². The molecule has 1 aromatic rings. The van der Waals surface area contributed by atoms with E-state index in [1.165, 1.54) is 21.6 Å². The molecule has 2 rings (SSSR count). The number of nitrogens with zero attached hydrogens (tertiary/aromatic N) is 2. The van der Waals surface area contributed by atoms with Gasteiger partial charge in [0.05, 0.1) is 12.2 Å². The number of hydrogen-bond donors (Lipinski definition) is 1. The van der Waals surface area contributed by atoms with Gasteiger partial charge in [-0.1, -0.05) is 23.9 Å². The van der Waals surface area contributed by atoms with Crippen molar-refractivity contribution in [3.63, 3.8) is 0 Å². The summed E-state index contributed by atoms with van der Waals surface area (Å²) in [4.78, 5) is 40.4. The highest BCUT2D eigenvalue weighted by Gasteiger charge is 2.48. The number of nitrogens with one attached hydrogen (secondary N) is 1. The summed E-state index contributed by atoms with van der Waals surface area (Å²) >= 11 is 1.21. The van der Waals surface area contributed by atoms with Gasteiger partial charge in [0, 0.05) is 26.0 Å². The highest BCUT2D eigenvalue weighted by Crippen LogP contribution is 2.44. The summed E-state index contributed by atoms with van der Waals surface area (Å²) in [6, 6.07) is 7.43. The van der Waals surface area contributed by atoms with E-state index in [-0.39, 0.29) is 18.4 Å². The third kappa shape index (κ3) is 2.81. The number of thioether (sulfide) groups is 1. The molecule has 0 saturated heterocycles. The topological polar surface area (TPSA) is 69.7 Å². The molecule has 1 atom stereocenters. The molecule has 22 heavy (non-hydrogen) atoms. The monoisotopic (exact) mass is 321 g/mol. The van der Waals surface area contributed by atoms with E-state index < -0.39 is 10.7 Å². The summed E-state index contributed by atoms with van der Waals surface area (Å²) in [7, 11) is 4.87. The quantitative estimate of drug-likeness (QED) is 0.833. The van der Waals surface area contributed by atoms with Gasteiger partial charge in [-0.15, -0.1) is 0 Å². The Morgan fingerprint density at radius 1 is 1.32 bits per heavy atom. The minimum Gasteiger partial charge on any atom is -0.347 e. The summed E-state index contributed by atoms with van der Waals surface area (Å²) in [6.45, 7) is 1.46. The number of carbonyl (C=O) groups is 3. The molecule has 1 aliphatic heterocycles. The summed E-state index contributed by atoms with van der Waals surface area (Å²) in [6.07, 6.45) is 0. The minimum absolute atomic E-state index is 0.124. The largest absolute Gasteiger partial charge is 0.347 e. The van der Waals surface area contributed by atoms with Gasteiger partial charge in [0.1, 0.15) is 0 Å². The fourth-order valence-electron chi connectivity index (χ4n) is 2.14. The summed E-state index contributed by atoms with van der Waals surface area (Å²) in [5.74, 6) is -0.982. The molecule has 0 fully saturated rings. The Bertz CT molecular complexity index is 632. The second-order valence-electron chi connectivity index (χ2n) is 5.44. The zero-order valence-electron chi connectivity index (χ0n) is 13.0. The predicted molar refractivity (Wildman–Crippen MR) is 85.8 cm³/mol. The van der Waals surface area contributed by atoms with Crippen LogP contribution in [0.3, 0.4) is 0 Å². The van der Waals surface area contributed by atoms with Crippen molar-refractivity contribution >= 4 is 35.2 Å². The Morgan fingerprint density at radius 3 is 2.59 bits per heavy atom. The lowest BCUT2D eigenvalue weighted by molar-refractivity contribution is -0.134. The van der Waals surface area contributed by atoms with Crippen LogP contribution < -0.4 is 10.2 Å². The Labute approximate surface area is 133 Å². The maximum absolute atomic E-state index is 12.6. The van der Waals surface area contributed by atoms with E-state index in [0.717, 1.165) is 10.6 Å². The minimum atomic E-state index is -1.28. The lowest BCUT2D eigenvalue weighted by Gasteiger charge is -2.36. The van der Waals surface area contributed by atoms with Crippen LogP contribution in [-0.2, 0) is 14.4 Å². The third-order valence-corrected chi connectivity index (χ3v) is 4.92. The van der Waals surface area contributed by atoms with Gasteiger partial charge in [0.2, 0.25) is 11.8 Å². The van der Waals surface area contributed by atoms with E-state index >= 15 is 0 Å². The smallest absolute Gasteiger partial charge is 0.252 e. The van der Waals surface area contributed by atoms with Crippen molar-refractivity contribution in [2.45, 2.75) is 16.6 Å². The summed E-state index contributed by atoms with van der Waals surface area (Å²) in [5.41, 5.74) is 0.784. The van der Waals surface area contributed by atoms with Gasteiger partial charge in [-0.05, 0) is 19.1 Å². The number of likely N-dealkylation sites (N-methyl/N-ethyl adjacent to an activating group) is 1. The normalized spacial score (nSPS) is 20.4. The molecule has 1 N–H and O–H groups in total. The number of benzene rings is 1. The van der Waals surface area contributed by atoms with Crippen molar-refractivity contribution in [3.8, 4) is 0 Å². The Kier molecular flexibility index (Phi) is 4.46. The molecule has 3 amide bonds. The molecule has 1 aromatic carbocycles. The maximum atomic E-state index is 12.6. The van der Waals surface area contributed by atoms with Gasteiger partial charge >= 0.3 is 0 Å². The van der Waals surface area contributed by atoms with Crippen LogP contribution >= 0.6 is 11.8 Å². The van der Waals surface area contributed by atoms with E-state index in [4.69, 9.17) is 0 Å². The fraction of sp³-hybridized carbons (Fsp3) is 0.400. The number of rotatable bonds is 3. The van der Waals surface area contributed by atoms with Gasteiger partial charge in [-0.25, -0.2) is 0 Å². The van der Waals surface area contributed by atoms with Crippen molar-refractivity contribution in [3.05, 3.63) is 24.3 Å². The standard InChI is InChI=1S/C15H19N3O3S/c1-15(13(20)16-9-12(19)17(2)3)14(21)18(4)10-7-5-6-8-11(10)22-15/h5-8H,9H2,1-4H3,(H,16,20)/t15-/m0/s1. The summed E-state index contributed by atoms with van der Waals surface area (Å²) in [5, 5.41) is 2.56. The van der Waals surface area contributed by atoms with E-state index in [1.807, 2.05) is 24.3 Å². The number of amides is 3. The first-order valence-corrected chi connectivity index (χ1v) is 7.63. The summed E-state index contributed by atoms with van der Waals surface area (Å²) < 4.78 is -1.28. The first-order chi connectivity index (χ1) is 10.3. The van der Waals surface area contributed by atoms with Crippen molar-refractivity contribution in [1.82, 2.24) is 10.2 Å². The van der Waals surface area contributed by atoms with Crippen LogP contribution in [0.4, 0.5) is 5.69 Å². The van der Waals surface area contributed by atoms with Gasteiger partial charge in [0.15, 0.2) is 4.75 Å². The van der Waals surface area contributed by atoms with Crippen LogP contribution in [0.2, 0.25) is 0 Å². The first-order valence-electron chi connectivity index (χ1n) is 6.82. The van der Waals surface area contributed by atoms with Crippen LogP contribution in [0.1, 0.15) is 6.92 Å². The average Bonchev–Trinajstić information content (AvgIpc) is 2.49. The molecule has 1 aliphatic rings. The number of anilines is 1. The molecule has 0 unspecified atom stereocenters. The van der Waals surface area contributed by atoms with Crippen LogP contribution in [-0.4, -0.2) is 55.1 Å². The molecule has 0 saturated carbocycles. The number of fused-ring (bicyclic) bond motifs is 1. The lowest BCUT2D eigenvalue weighted by Crippen LogP contribution is -2.56. The Morgan fingerprint density at radius 2 is 1.95 bits per heavy atom. The van der Waals surface area contributed by atoms with E-state index in [2.05, 4.69) is 5.32 Å². The van der Waals surface area contributed by atoms with Crippen molar-refractivity contribution in [2.75, 3.05) is 32.6 Å². The number of carbonyl (C=O) groups excluding carboxylic acids is 3. The van der Waals surface area contributed by atoms with Crippen molar-refractivity contribution in [1.29, 1.82) is 0 Å². The van der Waals surface area contributed by atoms with E-state index in [1.54, 1.807) is 28.1 Å². The van der Waals surface area contributed by atoms with Crippen LogP contribution in [0, 0.1) is 0 Å². The molecule has 7 heteroatoms. The van der Waals surface area contributed by atoms with Crippen LogP contribution in [0.25, 0.3) is 0 Å². The van der Waals surface area contributed by atoms with Gasteiger partial charge in [0.25, 0.3) is 5.91 Å². The van der Waals surface area contributed by atoms with Gasteiger partial charge < -0.3 is 15.1 Å². The predicted octanol–water partition coefficient (Wildman–Crippen LogP) is 0.718. The third-order valence-electron chi connectivity index (χ3n) is 3.59. The molecule has 0 aromatic heterocycles. The SMILES string of the molecule is CN(C)C(=O)CNC(=O)[C@]1(C)Sc2ccccc2N(C)C1=O. The first kappa shape index (κ1) is 16.4. The molecule has 0 radical (unpaired) electrons. The average molecular weight is 321 g/mol. The highest BCUT2D eigenvalue weighted by atomic mass is 32.2. The zero-order chi connectivity index (χ0) is 16.5. The van der Waals surface area contributed by atoms with E-state index in [9.17, 15) is 14.4 Å². The molecular weight excluding hydrogens is 302 g/mol. The van der Waals surface area contributed by atoms with Crippen molar-refractivity contribution < 1.29 is 14.4 Å². The second-order valence-corrected chi connectivity index (χ2v) is 6.90. The highest BCUT2D eigenvalue weighted by molar-refractivity contribution is 8.02. The maximum Gasteiger partial charge on any atom is 0.252 e. The molecule has 118 valence electrons. The Balaban J connectivity index is 2.21. The lowest BCUT2D eigenvalue weighted by atomic mass is 10.1. The molecule has 0 bridgehead atoms. The molecule has 6 nitrogen and oxygen atoms in total.